The molecule has 2 atom stereocenters. The van der Waals surface area contributed by atoms with E-state index in [9.17, 15) is 0 Å². The number of aromatic nitrogens is 1. The number of hydrogen-bond donors (Lipinski definition) is 1. The van der Waals surface area contributed by atoms with Crippen molar-refractivity contribution in [2.24, 2.45) is 11.7 Å². The average molecular weight is 278 g/mol. The minimum absolute atomic E-state index is 0.122. The summed E-state index contributed by atoms with van der Waals surface area (Å²) >= 11 is 1.93. The molecule has 106 valence electrons. The highest BCUT2D eigenvalue weighted by Crippen LogP contribution is 2.40. The van der Waals surface area contributed by atoms with Crippen LogP contribution in [0, 0.1) is 5.92 Å². The molecule has 0 aromatic carbocycles. The molecule has 0 aliphatic heterocycles. The fourth-order valence-electron chi connectivity index (χ4n) is 3.70. The van der Waals surface area contributed by atoms with Crippen LogP contribution in [0.1, 0.15) is 73.9 Å². The number of nitrogens with zero attached hydrogens (tertiary/aromatic N) is 1. The van der Waals surface area contributed by atoms with Gasteiger partial charge >= 0.3 is 0 Å². The van der Waals surface area contributed by atoms with E-state index in [1.54, 1.807) is 0 Å². The molecule has 2 unspecified atom stereocenters. The van der Waals surface area contributed by atoms with Crippen molar-refractivity contribution in [3.63, 3.8) is 0 Å². The Morgan fingerprint density at radius 2 is 1.95 bits per heavy atom. The van der Waals surface area contributed by atoms with Gasteiger partial charge in [0.1, 0.15) is 5.01 Å². The minimum atomic E-state index is -0.122. The first-order valence-electron chi connectivity index (χ1n) is 7.95. The van der Waals surface area contributed by atoms with Crippen molar-refractivity contribution in [2.75, 3.05) is 0 Å². The first-order valence-corrected chi connectivity index (χ1v) is 8.77. The molecular weight excluding hydrogens is 252 g/mol. The van der Waals surface area contributed by atoms with Crippen molar-refractivity contribution in [3.8, 4) is 0 Å². The van der Waals surface area contributed by atoms with Crippen LogP contribution in [0.25, 0.3) is 0 Å². The lowest BCUT2D eigenvalue weighted by Crippen LogP contribution is -2.40. The summed E-state index contributed by atoms with van der Waals surface area (Å²) in [5.74, 6) is 0.755. The highest BCUT2D eigenvalue weighted by atomic mass is 32.1. The molecule has 3 heteroatoms. The van der Waals surface area contributed by atoms with Crippen LogP contribution >= 0.6 is 11.3 Å². The second kappa shape index (κ2) is 5.53. The molecule has 0 amide bonds. The quantitative estimate of drug-likeness (QED) is 0.837. The van der Waals surface area contributed by atoms with E-state index in [2.05, 4.69) is 6.92 Å². The SMILES string of the molecule is CC1CCCC(N)(c2nc3c(s2)CCCCCC3)C1. The molecule has 1 fully saturated rings. The van der Waals surface area contributed by atoms with Gasteiger partial charge in [0, 0.05) is 4.88 Å². The van der Waals surface area contributed by atoms with Crippen LogP contribution in [0.2, 0.25) is 0 Å². The molecular formula is C16H26N2S. The van der Waals surface area contributed by atoms with Gasteiger partial charge in [-0.1, -0.05) is 32.6 Å². The minimum Gasteiger partial charge on any atom is -0.319 e. The van der Waals surface area contributed by atoms with Crippen molar-refractivity contribution in [3.05, 3.63) is 15.6 Å². The largest absolute Gasteiger partial charge is 0.319 e. The molecule has 1 saturated carbocycles. The molecule has 1 aromatic rings. The Morgan fingerprint density at radius 1 is 1.16 bits per heavy atom. The van der Waals surface area contributed by atoms with E-state index in [1.807, 2.05) is 11.3 Å². The van der Waals surface area contributed by atoms with Crippen LogP contribution in [0.3, 0.4) is 0 Å². The molecule has 2 N–H and O–H groups in total. The molecule has 0 spiro atoms. The average Bonchev–Trinajstić information content (AvgIpc) is 2.72. The van der Waals surface area contributed by atoms with Crippen LogP contribution in [0.4, 0.5) is 0 Å². The maximum atomic E-state index is 6.71. The summed E-state index contributed by atoms with van der Waals surface area (Å²) in [5.41, 5.74) is 7.96. The number of hydrogen-bond acceptors (Lipinski definition) is 3. The van der Waals surface area contributed by atoms with Crippen molar-refractivity contribution in [1.82, 2.24) is 4.98 Å². The number of nitrogens with two attached hydrogens (primary N) is 1. The summed E-state index contributed by atoms with van der Waals surface area (Å²) < 4.78 is 0. The third kappa shape index (κ3) is 2.87. The van der Waals surface area contributed by atoms with Crippen LogP contribution in [-0.4, -0.2) is 4.98 Å². The first-order chi connectivity index (χ1) is 9.17. The molecule has 2 aliphatic rings. The van der Waals surface area contributed by atoms with E-state index in [0.29, 0.717) is 0 Å². The fourth-order valence-corrected chi connectivity index (χ4v) is 4.99. The second-order valence-electron chi connectivity index (χ2n) is 6.66. The highest BCUT2D eigenvalue weighted by molar-refractivity contribution is 7.11. The van der Waals surface area contributed by atoms with Crippen LogP contribution in [-0.2, 0) is 18.4 Å². The molecule has 1 heterocycles. The van der Waals surface area contributed by atoms with Gasteiger partial charge in [-0.2, -0.15) is 0 Å². The Hall–Kier alpha value is -0.410. The maximum absolute atomic E-state index is 6.71. The molecule has 1 aromatic heterocycles. The zero-order valence-corrected chi connectivity index (χ0v) is 12.9. The van der Waals surface area contributed by atoms with E-state index in [1.165, 1.54) is 66.9 Å². The van der Waals surface area contributed by atoms with Crippen LogP contribution in [0.5, 0.6) is 0 Å². The smallest absolute Gasteiger partial charge is 0.113 e. The summed E-state index contributed by atoms with van der Waals surface area (Å²) in [6.45, 7) is 2.34. The lowest BCUT2D eigenvalue weighted by molar-refractivity contribution is 0.238. The third-order valence-electron chi connectivity index (χ3n) is 4.80. The normalized spacial score (nSPS) is 32.4. The van der Waals surface area contributed by atoms with Gasteiger partial charge in [0.15, 0.2) is 0 Å². The Kier molecular flexibility index (Phi) is 3.95. The van der Waals surface area contributed by atoms with E-state index in [-0.39, 0.29) is 5.54 Å². The van der Waals surface area contributed by atoms with Gasteiger partial charge < -0.3 is 5.73 Å². The summed E-state index contributed by atoms with van der Waals surface area (Å²) in [6.07, 6.45) is 12.7. The lowest BCUT2D eigenvalue weighted by atomic mass is 9.77. The topological polar surface area (TPSA) is 38.9 Å². The summed E-state index contributed by atoms with van der Waals surface area (Å²) in [5, 5.41) is 1.24. The van der Waals surface area contributed by atoms with Gasteiger partial charge in [-0.15, -0.1) is 11.3 Å². The zero-order chi connectivity index (χ0) is 13.3. The third-order valence-corrected chi connectivity index (χ3v) is 6.18. The molecule has 3 rings (SSSR count). The maximum Gasteiger partial charge on any atom is 0.113 e. The first kappa shape index (κ1) is 13.6. The number of thiazole rings is 1. The fraction of sp³-hybridized carbons (Fsp3) is 0.812. The predicted molar refractivity (Wildman–Crippen MR) is 81.5 cm³/mol. The number of aryl methyl sites for hydroxylation is 2. The van der Waals surface area contributed by atoms with Gasteiger partial charge in [-0.25, -0.2) is 4.98 Å². The van der Waals surface area contributed by atoms with Gasteiger partial charge in [-0.3, -0.25) is 0 Å². The Morgan fingerprint density at radius 3 is 2.74 bits per heavy atom. The molecule has 0 saturated heterocycles. The highest BCUT2D eigenvalue weighted by Gasteiger charge is 2.36. The van der Waals surface area contributed by atoms with Gasteiger partial charge in [0.25, 0.3) is 0 Å². The van der Waals surface area contributed by atoms with E-state index < -0.39 is 0 Å². The lowest BCUT2D eigenvalue weighted by Gasteiger charge is -2.35. The summed E-state index contributed by atoms with van der Waals surface area (Å²) in [7, 11) is 0. The molecule has 2 aliphatic carbocycles. The van der Waals surface area contributed by atoms with Crippen molar-refractivity contribution in [1.29, 1.82) is 0 Å². The monoisotopic (exact) mass is 278 g/mol. The van der Waals surface area contributed by atoms with E-state index >= 15 is 0 Å². The van der Waals surface area contributed by atoms with Gasteiger partial charge in [0.2, 0.25) is 0 Å². The standard InChI is InChI=1S/C16H26N2S/c1-12-7-6-10-16(17,11-12)15-18-13-8-4-2-3-5-9-14(13)19-15/h12H,2-11,17H2,1H3. The van der Waals surface area contributed by atoms with Gasteiger partial charge in [-0.05, 0) is 44.4 Å². The Labute approximate surface area is 120 Å². The molecule has 2 nitrogen and oxygen atoms in total. The molecule has 19 heavy (non-hydrogen) atoms. The Bertz CT molecular complexity index is 414. The summed E-state index contributed by atoms with van der Waals surface area (Å²) in [4.78, 5) is 6.52. The van der Waals surface area contributed by atoms with Gasteiger partial charge in [0.05, 0.1) is 11.2 Å². The Balaban J connectivity index is 1.86. The van der Waals surface area contributed by atoms with E-state index in [0.717, 1.165) is 18.8 Å². The van der Waals surface area contributed by atoms with Crippen LogP contribution in [0.15, 0.2) is 0 Å². The second-order valence-corrected chi connectivity index (χ2v) is 7.74. The molecule has 0 radical (unpaired) electrons. The van der Waals surface area contributed by atoms with E-state index in [4.69, 9.17) is 10.7 Å². The number of fused-ring (bicyclic) bond motifs is 1. The molecule has 0 bridgehead atoms. The van der Waals surface area contributed by atoms with Crippen molar-refractivity contribution < 1.29 is 0 Å². The van der Waals surface area contributed by atoms with Crippen molar-refractivity contribution >= 4 is 11.3 Å². The number of rotatable bonds is 1. The zero-order valence-electron chi connectivity index (χ0n) is 12.1. The van der Waals surface area contributed by atoms with Crippen molar-refractivity contribution in [2.45, 2.75) is 76.7 Å². The van der Waals surface area contributed by atoms with Crippen LogP contribution < -0.4 is 5.73 Å². The predicted octanol–water partition coefficient (Wildman–Crippen LogP) is 4.17. The summed E-state index contributed by atoms with van der Waals surface area (Å²) in [6, 6.07) is 0.